The Kier molecular flexibility index (Phi) is 8.14. The van der Waals surface area contributed by atoms with Crippen molar-refractivity contribution in [3.8, 4) is 0 Å². The summed E-state index contributed by atoms with van der Waals surface area (Å²) in [6.07, 6.45) is 0. The maximum absolute atomic E-state index is 13.7. The lowest BCUT2D eigenvalue weighted by Gasteiger charge is -2.46. The van der Waals surface area contributed by atoms with Gasteiger partial charge in [0.1, 0.15) is 0 Å². The molecule has 0 aromatic heterocycles. The topological polar surface area (TPSA) is 0 Å². The van der Waals surface area contributed by atoms with Gasteiger partial charge in [0.05, 0.1) is 0 Å². The largest absolute Gasteiger partial charge is 0.385 e. The summed E-state index contributed by atoms with van der Waals surface area (Å²) in [5.74, 6) is -91.8. The average Bonchev–Trinajstić information content (AvgIpc) is 2.64. The molecule has 0 aromatic carbocycles. The van der Waals surface area contributed by atoms with Crippen LogP contribution in [0.4, 0.5) is 96.6 Å². The third-order valence-corrected chi connectivity index (χ3v) is 5.04. The van der Waals surface area contributed by atoms with Gasteiger partial charge in [-0.1, -0.05) is 20.8 Å². The molecule has 0 aromatic rings. The van der Waals surface area contributed by atoms with Gasteiger partial charge in [0.2, 0.25) is 0 Å². The Morgan fingerprint density at radius 2 is 0.342 bits per heavy atom. The summed E-state index contributed by atoms with van der Waals surface area (Å²) in [7, 11) is 0. The highest BCUT2D eigenvalue weighted by Crippen LogP contribution is 2.67. The van der Waals surface area contributed by atoms with Gasteiger partial charge in [-0.2, -0.15) is 96.6 Å². The predicted molar refractivity (Wildman–Crippen MR) is 79.5 cm³/mol. The quantitative estimate of drug-likeness (QED) is 0.214. The fourth-order valence-electron chi connectivity index (χ4n) is 2.32. The first kappa shape index (κ1) is 36.5. The SMILES string of the molecule is CC(C)(C)C(F)(F)C(F)(F)C(F)(F)C(F)(F)C(F)(F)C(F)(F)C(F)(F)C(F)(F)C(F)(F)C(F)(F)C(C)(F)F. The van der Waals surface area contributed by atoms with Gasteiger partial charge in [0.15, 0.2) is 0 Å². The van der Waals surface area contributed by atoms with Crippen LogP contribution in [0.25, 0.3) is 0 Å². The van der Waals surface area contributed by atoms with Crippen LogP contribution in [0.5, 0.6) is 0 Å². The van der Waals surface area contributed by atoms with E-state index in [1.807, 2.05) is 0 Å². The van der Waals surface area contributed by atoms with Crippen LogP contribution >= 0.6 is 0 Å². The minimum Gasteiger partial charge on any atom is -0.200 e. The second-order valence-electron chi connectivity index (χ2n) is 8.88. The molecule has 0 amide bonds. The Labute approximate surface area is 196 Å². The van der Waals surface area contributed by atoms with Crippen LogP contribution in [0, 0.1) is 5.41 Å². The summed E-state index contributed by atoms with van der Waals surface area (Å²) >= 11 is 0. The fraction of sp³-hybridized carbons (Fsp3) is 1.00. The Morgan fingerprint density at radius 1 is 0.211 bits per heavy atom. The molecule has 38 heavy (non-hydrogen) atoms. The van der Waals surface area contributed by atoms with E-state index in [-0.39, 0.29) is 20.8 Å². The van der Waals surface area contributed by atoms with Crippen molar-refractivity contribution >= 4 is 0 Å². The molecular formula is C16H12F22. The van der Waals surface area contributed by atoms with E-state index in [1.165, 1.54) is 0 Å². The standard InChI is InChI=1S/C16H12F22/c1-5(2,3)7(19,20)9(23,24)11(27,28)13(31,32)15(35,36)16(37,38)14(33,34)12(29,30)10(25,26)8(21,22)6(4,17)18/h1-4H3. The first-order valence-corrected chi connectivity index (χ1v) is 8.91. The number of rotatable bonds is 10. The highest BCUT2D eigenvalue weighted by atomic mass is 19.4. The third kappa shape index (κ3) is 4.06. The Bertz CT molecular complexity index is 795. The van der Waals surface area contributed by atoms with Crippen molar-refractivity contribution in [2.45, 2.75) is 92.8 Å². The van der Waals surface area contributed by atoms with Crippen molar-refractivity contribution in [3.05, 3.63) is 0 Å². The molecule has 0 saturated carbocycles. The van der Waals surface area contributed by atoms with E-state index in [2.05, 4.69) is 0 Å². The minimum atomic E-state index is -9.24. The molecule has 0 saturated heterocycles. The van der Waals surface area contributed by atoms with E-state index >= 15 is 0 Å². The molecule has 0 aliphatic heterocycles. The summed E-state index contributed by atoms with van der Waals surface area (Å²) in [5.41, 5.74) is -3.65. The normalized spacial score (nSPS) is 17.2. The number of hydrogen-bond donors (Lipinski definition) is 0. The Morgan fingerprint density at radius 3 is 0.474 bits per heavy atom. The molecule has 0 N–H and O–H groups in total. The van der Waals surface area contributed by atoms with E-state index in [9.17, 15) is 96.6 Å². The van der Waals surface area contributed by atoms with Gasteiger partial charge in [-0.15, -0.1) is 0 Å². The van der Waals surface area contributed by atoms with Crippen LogP contribution < -0.4 is 0 Å². The molecule has 0 aliphatic carbocycles. The molecule has 0 fully saturated rings. The summed E-state index contributed by atoms with van der Waals surface area (Å²) in [6, 6.07) is 0. The van der Waals surface area contributed by atoms with Crippen LogP contribution in [-0.2, 0) is 0 Å². The van der Waals surface area contributed by atoms with Gasteiger partial charge in [-0.25, -0.2) is 0 Å². The molecule has 0 rings (SSSR count). The molecule has 0 heterocycles. The lowest BCUT2D eigenvalue weighted by atomic mass is 9.78. The van der Waals surface area contributed by atoms with Crippen LogP contribution in [-0.4, -0.2) is 65.1 Å². The van der Waals surface area contributed by atoms with Gasteiger partial charge in [-0.05, 0) is 0 Å². The lowest BCUT2D eigenvalue weighted by molar-refractivity contribution is -0.476. The summed E-state index contributed by atoms with van der Waals surface area (Å²) in [4.78, 5) is 0. The van der Waals surface area contributed by atoms with Crippen molar-refractivity contribution in [2.24, 2.45) is 5.41 Å². The average molecular weight is 622 g/mol. The van der Waals surface area contributed by atoms with Crippen molar-refractivity contribution < 1.29 is 96.6 Å². The molecule has 0 spiro atoms. The molecule has 0 atom stereocenters. The molecule has 230 valence electrons. The fourth-order valence-corrected chi connectivity index (χ4v) is 2.32. The smallest absolute Gasteiger partial charge is 0.200 e. The van der Waals surface area contributed by atoms with Gasteiger partial charge >= 0.3 is 65.1 Å². The molecule has 22 heteroatoms. The van der Waals surface area contributed by atoms with Crippen LogP contribution in [0.2, 0.25) is 0 Å². The van der Waals surface area contributed by atoms with E-state index in [0.717, 1.165) is 0 Å². The van der Waals surface area contributed by atoms with Crippen molar-refractivity contribution in [3.63, 3.8) is 0 Å². The maximum atomic E-state index is 13.7. The third-order valence-electron chi connectivity index (χ3n) is 5.04. The highest BCUT2D eigenvalue weighted by Gasteiger charge is 2.98. The molecule has 0 radical (unpaired) electrons. The minimum absolute atomic E-state index is 0.150. The first-order valence-electron chi connectivity index (χ1n) is 8.91. The van der Waals surface area contributed by atoms with Gasteiger partial charge in [0.25, 0.3) is 0 Å². The monoisotopic (exact) mass is 622 g/mol. The van der Waals surface area contributed by atoms with Crippen molar-refractivity contribution in [1.29, 1.82) is 0 Å². The Balaban J connectivity index is 7.29. The zero-order valence-corrected chi connectivity index (χ0v) is 18.3. The highest BCUT2D eigenvalue weighted by molar-refractivity contribution is 5.19. The zero-order chi connectivity index (χ0) is 32.0. The maximum Gasteiger partial charge on any atom is 0.385 e. The molecular weight excluding hydrogens is 610 g/mol. The van der Waals surface area contributed by atoms with E-state index in [0.29, 0.717) is 0 Å². The van der Waals surface area contributed by atoms with Gasteiger partial charge in [-0.3, -0.25) is 0 Å². The Hall–Kier alpha value is -1.54. The number of hydrogen-bond acceptors (Lipinski definition) is 0. The van der Waals surface area contributed by atoms with E-state index in [4.69, 9.17) is 0 Å². The molecule has 0 nitrogen and oxygen atoms in total. The second kappa shape index (κ2) is 8.48. The molecule has 0 bridgehead atoms. The van der Waals surface area contributed by atoms with Gasteiger partial charge in [0, 0.05) is 12.3 Å². The number of alkyl halides is 22. The van der Waals surface area contributed by atoms with Crippen LogP contribution in [0.15, 0.2) is 0 Å². The van der Waals surface area contributed by atoms with Crippen LogP contribution in [0.3, 0.4) is 0 Å². The zero-order valence-electron chi connectivity index (χ0n) is 18.3. The van der Waals surface area contributed by atoms with Crippen LogP contribution in [0.1, 0.15) is 27.7 Å². The van der Waals surface area contributed by atoms with Crippen molar-refractivity contribution in [2.75, 3.05) is 0 Å². The van der Waals surface area contributed by atoms with Crippen molar-refractivity contribution in [1.82, 2.24) is 0 Å². The molecule has 0 aliphatic rings. The second-order valence-corrected chi connectivity index (χ2v) is 8.88. The predicted octanol–water partition coefficient (Wildman–Crippen LogP) is 9.04. The summed E-state index contributed by atoms with van der Waals surface area (Å²) < 4.78 is 296. The number of halogens is 22. The van der Waals surface area contributed by atoms with Gasteiger partial charge < -0.3 is 0 Å². The molecule has 0 unspecified atom stereocenters. The van der Waals surface area contributed by atoms with E-state index < -0.39 is 77.5 Å². The first-order chi connectivity index (χ1) is 15.8. The summed E-state index contributed by atoms with van der Waals surface area (Å²) in [5, 5.41) is 0. The van der Waals surface area contributed by atoms with E-state index in [1.54, 1.807) is 0 Å². The lowest BCUT2D eigenvalue weighted by Crippen LogP contribution is -2.78. The summed E-state index contributed by atoms with van der Waals surface area (Å²) in [6.45, 7) is -1.87.